The lowest BCUT2D eigenvalue weighted by Crippen LogP contribution is -2.51. The van der Waals surface area contributed by atoms with Gasteiger partial charge in [-0.25, -0.2) is 0 Å². The van der Waals surface area contributed by atoms with Crippen LogP contribution in [-0.2, 0) is 0 Å². The number of para-hydroxylation sites is 4. The molecule has 0 aliphatic heterocycles. The third kappa shape index (κ3) is 7.44. The van der Waals surface area contributed by atoms with Crippen molar-refractivity contribution in [2.24, 2.45) is 0 Å². The molecule has 0 aliphatic carbocycles. The van der Waals surface area contributed by atoms with Crippen LogP contribution in [0.4, 0.5) is 0 Å². The normalized spacial score (nSPS) is 11.8. The van der Waals surface area contributed by atoms with Crippen molar-refractivity contribution in [3.8, 4) is 22.7 Å². The lowest BCUT2D eigenvalue weighted by atomic mass is 9.37. The van der Waals surface area contributed by atoms with E-state index in [1.807, 2.05) is 0 Å². The smallest absolute Gasteiger partial charge is 0.241 e. The average Bonchev–Trinajstić information content (AvgIpc) is 1.69. The van der Waals surface area contributed by atoms with Gasteiger partial charge in [-0.2, -0.15) is 0 Å². The minimum atomic E-state index is 0.0602. The Morgan fingerprint density at radius 3 is 0.798 bits per heavy atom. The predicted molar refractivity (Wildman–Crippen MR) is 359 cm³/mol. The van der Waals surface area contributed by atoms with E-state index in [0.717, 1.165) is 33.8 Å². The number of fused-ring (bicyclic) bond motifs is 14. The molecule has 0 saturated heterocycles. The Labute approximate surface area is 487 Å². The van der Waals surface area contributed by atoms with Crippen molar-refractivity contribution in [1.82, 2.24) is 18.3 Å². The summed E-state index contributed by atoms with van der Waals surface area (Å²) in [5, 5.41) is 9.72. The summed E-state index contributed by atoms with van der Waals surface area (Å²) < 4.78 is 10.1. The summed E-state index contributed by atoms with van der Waals surface area (Å²) >= 11 is 0. The molecule has 0 unspecified atom stereocenters. The van der Waals surface area contributed by atoms with Gasteiger partial charge in [0.05, 0.1) is 44.1 Å². The molecule has 0 fully saturated rings. The van der Waals surface area contributed by atoms with Crippen LogP contribution >= 0.6 is 0 Å². The quantitative estimate of drug-likeness (QED) is 0.122. The van der Waals surface area contributed by atoms with Crippen molar-refractivity contribution in [3.05, 3.63) is 315 Å². The summed E-state index contributed by atoms with van der Waals surface area (Å²) in [4.78, 5) is 0. The monoisotopic (exact) mass is 1070 g/mol. The van der Waals surface area contributed by atoms with E-state index in [2.05, 4.69) is 334 Å². The molecule has 0 spiro atoms. The average molecular weight is 1070 g/mol. The highest BCUT2D eigenvalue weighted by Crippen LogP contribution is 2.44. The molecule has 4 nitrogen and oxygen atoms in total. The molecule has 0 atom stereocenters. The molecular formula is C78H52B2N4. The topological polar surface area (TPSA) is 19.7 Å². The Bertz CT molecular complexity index is 4950. The molecule has 0 radical (unpaired) electrons. The van der Waals surface area contributed by atoms with Gasteiger partial charge < -0.3 is 18.3 Å². The zero-order valence-corrected chi connectivity index (χ0v) is 46.0. The number of benzene rings is 13. The Morgan fingerprint density at radius 2 is 0.440 bits per heavy atom. The SMILES string of the molecule is c1ccc(B(c2ccccc2)c2ccc3c(c2)c2ccc4c5ccccc5n(-c5cccc(-n6c7ccccc7c7ccc8c9cc(B(c%10ccccc%10)c%10ccccc%10)ccc9n(-c9ccccc9)c8c76)c5)c4c2n3-c2ccccc2)cc1. The van der Waals surface area contributed by atoms with Crippen molar-refractivity contribution in [1.29, 1.82) is 0 Å². The summed E-state index contributed by atoms with van der Waals surface area (Å²) in [6.45, 7) is 0.120. The number of hydrogen-bond donors (Lipinski definition) is 0. The third-order valence-corrected chi connectivity index (χ3v) is 17.7. The van der Waals surface area contributed by atoms with Gasteiger partial charge in [-0.05, 0) is 66.7 Å². The first-order valence-electron chi connectivity index (χ1n) is 29.2. The van der Waals surface area contributed by atoms with Crippen LogP contribution in [0.15, 0.2) is 315 Å². The first-order chi connectivity index (χ1) is 41.7. The standard InChI is InChI=1S/C78H52B2N4/c1-7-24-53(25-8-1)79(54-26-9-2-10-27-54)57-42-48-73-69(50-57)67-46-44-65-63-38-19-21-40-71(63)83(75(65)77(67)81(73)59-32-15-5-16-33-59)61-36-23-37-62(52-61)84-72-41-22-20-39-64(72)66-45-47-68-70-51-58(80(55-28-11-3-12-29-55)56-30-13-4-14-31-56)43-49-74(70)82(78(68)76(66)84)60-34-17-6-18-35-60/h1-52H. The molecule has 4 aromatic heterocycles. The predicted octanol–water partition coefficient (Wildman–Crippen LogP) is 15.1. The van der Waals surface area contributed by atoms with E-state index in [4.69, 9.17) is 0 Å². The highest BCUT2D eigenvalue weighted by Gasteiger charge is 2.28. The fraction of sp³-hybridized carbons (Fsp3) is 0. The lowest BCUT2D eigenvalue weighted by molar-refractivity contribution is 1.12. The van der Waals surface area contributed by atoms with Crippen LogP contribution < -0.4 is 32.8 Å². The van der Waals surface area contributed by atoms with Gasteiger partial charge in [-0.15, -0.1) is 0 Å². The molecule has 0 N–H and O–H groups in total. The maximum Gasteiger partial charge on any atom is 0.241 e. The molecule has 13 aromatic carbocycles. The van der Waals surface area contributed by atoms with E-state index in [1.54, 1.807) is 0 Å². The maximum atomic E-state index is 2.54. The van der Waals surface area contributed by atoms with Crippen molar-refractivity contribution in [2.45, 2.75) is 0 Å². The van der Waals surface area contributed by atoms with Crippen molar-refractivity contribution in [2.75, 3.05) is 0 Å². The van der Waals surface area contributed by atoms with Crippen molar-refractivity contribution >= 4 is 133 Å². The highest BCUT2D eigenvalue weighted by atomic mass is 15.1. The molecule has 0 bridgehead atoms. The Hall–Kier alpha value is -10.8. The fourth-order valence-electron chi connectivity index (χ4n) is 14.2. The van der Waals surface area contributed by atoms with Crippen LogP contribution in [0, 0.1) is 0 Å². The summed E-state index contributed by atoms with van der Waals surface area (Å²) in [6.07, 6.45) is 0. The molecule has 0 saturated carbocycles. The maximum absolute atomic E-state index is 2.54. The second-order valence-corrected chi connectivity index (χ2v) is 22.3. The van der Waals surface area contributed by atoms with E-state index in [9.17, 15) is 0 Å². The number of nitrogens with zero attached hydrogens (tertiary/aromatic N) is 4. The van der Waals surface area contributed by atoms with E-state index >= 15 is 0 Å². The largest absolute Gasteiger partial charge is 0.307 e. The molecule has 6 heteroatoms. The van der Waals surface area contributed by atoms with Crippen LogP contribution in [0.25, 0.3) is 110 Å². The Kier molecular flexibility index (Phi) is 11.1. The summed E-state index contributed by atoms with van der Waals surface area (Å²) in [5.74, 6) is 0. The number of hydrogen-bond acceptors (Lipinski definition) is 0. The number of aromatic nitrogens is 4. The van der Waals surface area contributed by atoms with Crippen LogP contribution in [0.1, 0.15) is 0 Å². The van der Waals surface area contributed by atoms with Gasteiger partial charge in [0.25, 0.3) is 0 Å². The molecule has 17 rings (SSSR count). The third-order valence-electron chi connectivity index (χ3n) is 17.7. The van der Waals surface area contributed by atoms with Gasteiger partial charge in [0.15, 0.2) is 0 Å². The summed E-state index contributed by atoms with van der Waals surface area (Å²) in [6, 6.07) is 117. The highest BCUT2D eigenvalue weighted by molar-refractivity contribution is 6.96. The van der Waals surface area contributed by atoms with E-state index < -0.39 is 0 Å². The summed E-state index contributed by atoms with van der Waals surface area (Å²) in [7, 11) is 0. The second-order valence-electron chi connectivity index (χ2n) is 22.3. The van der Waals surface area contributed by atoms with Crippen LogP contribution in [0.3, 0.4) is 0 Å². The Morgan fingerprint density at radius 1 is 0.167 bits per heavy atom. The van der Waals surface area contributed by atoms with Gasteiger partial charge in [0, 0.05) is 65.8 Å². The van der Waals surface area contributed by atoms with Gasteiger partial charge in [0.1, 0.15) is 0 Å². The van der Waals surface area contributed by atoms with E-state index in [-0.39, 0.29) is 13.4 Å². The zero-order valence-electron chi connectivity index (χ0n) is 46.0. The van der Waals surface area contributed by atoms with Gasteiger partial charge in [-0.1, -0.05) is 281 Å². The first kappa shape index (κ1) is 47.9. The van der Waals surface area contributed by atoms with Crippen molar-refractivity contribution < 1.29 is 0 Å². The lowest BCUT2D eigenvalue weighted by Gasteiger charge is -2.16. The molecule has 4 heterocycles. The molecular weight excluding hydrogens is 1010 g/mol. The second kappa shape index (κ2) is 19.4. The molecule has 390 valence electrons. The van der Waals surface area contributed by atoms with E-state index in [1.165, 1.54) is 109 Å². The van der Waals surface area contributed by atoms with Crippen molar-refractivity contribution in [3.63, 3.8) is 0 Å². The zero-order chi connectivity index (χ0) is 55.2. The van der Waals surface area contributed by atoms with Crippen LogP contribution in [0.5, 0.6) is 0 Å². The summed E-state index contributed by atoms with van der Waals surface area (Å²) in [5.41, 5.74) is 21.4. The van der Waals surface area contributed by atoms with Crippen LogP contribution in [-0.4, -0.2) is 31.7 Å². The first-order valence-corrected chi connectivity index (χ1v) is 29.2. The van der Waals surface area contributed by atoms with E-state index in [0.29, 0.717) is 0 Å². The van der Waals surface area contributed by atoms with Crippen LogP contribution in [0.2, 0.25) is 0 Å². The minimum Gasteiger partial charge on any atom is -0.307 e. The molecule has 17 aromatic rings. The fourth-order valence-corrected chi connectivity index (χ4v) is 14.2. The molecule has 0 amide bonds. The Balaban J connectivity index is 0.932. The van der Waals surface area contributed by atoms with Gasteiger partial charge in [-0.3, -0.25) is 0 Å². The number of rotatable bonds is 10. The molecule has 0 aliphatic rings. The minimum absolute atomic E-state index is 0.0602. The van der Waals surface area contributed by atoms with Gasteiger partial charge in [0.2, 0.25) is 13.4 Å². The van der Waals surface area contributed by atoms with Gasteiger partial charge >= 0.3 is 0 Å². The molecule has 84 heavy (non-hydrogen) atoms.